The van der Waals surface area contributed by atoms with E-state index in [4.69, 9.17) is 0 Å². The van der Waals surface area contributed by atoms with Crippen LogP contribution in [0.4, 0.5) is 16.2 Å². The highest BCUT2D eigenvalue weighted by Crippen LogP contribution is 2.35. The zero-order valence-electron chi connectivity index (χ0n) is 16.8. The summed E-state index contributed by atoms with van der Waals surface area (Å²) in [5, 5.41) is 4.61. The molecule has 9 heteroatoms. The van der Waals surface area contributed by atoms with Gasteiger partial charge in [0, 0.05) is 55.8 Å². The Balaban J connectivity index is 1.38. The van der Waals surface area contributed by atoms with Gasteiger partial charge in [-0.1, -0.05) is 6.92 Å². The zero-order valence-corrected chi connectivity index (χ0v) is 16.8. The lowest BCUT2D eigenvalue weighted by molar-refractivity contribution is 0.533. The second kappa shape index (κ2) is 6.53. The van der Waals surface area contributed by atoms with Gasteiger partial charge in [0.05, 0.1) is 11.4 Å². The molecule has 3 aromatic rings. The Labute approximate surface area is 167 Å². The van der Waals surface area contributed by atoms with Crippen molar-refractivity contribution in [2.75, 3.05) is 36.0 Å². The molecule has 0 spiro atoms. The van der Waals surface area contributed by atoms with Crippen molar-refractivity contribution in [1.82, 2.24) is 24.6 Å². The van der Waals surface area contributed by atoms with E-state index >= 15 is 0 Å². The molecule has 2 atom stereocenters. The third-order valence-electron chi connectivity index (χ3n) is 6.02. The first-order valence-corrected chi connectivity index (χ1v) is 10.1. The van der Waals surface area contributed by atoms with Crippen molar-refractivity contribution in [2.24, 2.45) is 11.8 Å². The van der Waals surface area contributed by atoms with Crippen LogP contribution in [0.1, 0.15) is 24.0 Å². The number of anilines is 2. The van der Waals surface area contributed by atoms with E-state index in [1.54, 1.807) is 6.92 Å². The predicted molar refractivity (Wildman–Crippen MR) is 108 cm³/mol. The minimum Gasteiger partial charge on any atom is -0.356 e. The van der Waals surface area contributed by atoms with Crippen molar-refractivity contribution < 1.29 is 4.39 Å². The first kappa shape index (κ1) is 18.1. The molecule has 1 N–H and O–H groups in total. The minimum absolute atomic E-state index is 0.228. The van der Waals surface area contributed by atoms with Crippen molar-refractivity contribution in [1.29, 1.82) is 0 Å². The molecule has 5 heterocycles. The van der Waals surface area contributed by atoms with Crippen LogP contribution >= 0.6 is 0 Å². The standard InChI is InChI=1S/C20H24FN7O/c1-4-15-18(21)19(29)24-20(23-15)27-9-13-7-26(8-14(13)10-27)17-6-11(2)22-16-5-12(3)25-28(16)17/h5-6,13-14H,4,7-10H2,1-3H3,(H,23,24,29). The molecule has 2 aliphatic rings. The number of hydrogen-bond acceptors (Lipinski definition) is 6. The molecule has 0 radical (unpaired) electrons. The summed E-state index contributed by atoms with van der Waals surface area (Å²) in [7, 11) is 0. The normalized spacial score (nSPS) is 21.4. The summed E-state index contributed by atoms with van der Waals surface area (Å²) in [4.78, 5) is 27.9. The van der Waals surface area contributed by atoms with Crippen LogP contribution in [0.5, 0.6) is 0 Å². The first-order chi connectivity index (χ1) is 13.9. The molecule has 0 bridgehead atoms. The molecular weight excluding hydrogens is 373 g/mol. The molecular formula is C20H24FN7O. The second-order valence-corrected chi connectivity index (χ2v) is 8.15. The van der Waals surface area contributed by atoms with Gasteiger partial charge in [-0.25, -0.2) is 9.97 Å². The van der Waals surface area contributed by atoms with Crippen molar-refractivity contribution in [3.05, 3.63) is 45.4 Å². The average molecular weight is 397 g/mol. The molecule has 0 aromatic carbocycles. The lowest BCUT2D eigenvalue weighted by Crippen LogP contribution is -2.32. The summed E-state index contributed by atoms with van der Waals surface area (Å²) in [5.41, 5.74) is 2.34. The highest BCUT2D eigenvalue weighted by Gasteiger charge is 2.41. The lowest BCUT2D eigenvalue weighted by Gasteiger charge is -2.24. The van der Waals surface area contributed by atoms with Gasteiger partial charge in [-0.3, -0.25) is 9.78 Å². The summed E-state index contributed by atoms with van der Waals surface area (Å²) >= 11 is 0. The van der Waals surface area contributed by atoms with Gasteiger partial charge in [0.2, 0.25) is 11.8 Å². The first-order valence-electron chi connectivity index (χ1n) is 10.1. The molecule has 0 aliphatic carbocycles. The number of nitrogens with zero attached hydrogens (tertiary/aromatic N) is 6. The molecule has 29 heavy (non-hydrogen) atoms. The van der Waals surface area contributed by atoms with Crippen LogP contribution in [-0.2, 0) is 6.42 Å². The Hall–Kier alpha value is -2.97. The molecule has 152 valence electrons. The van der Waals surface area contributed by atoms with Gasteiger partial charge in [0.25, 0.3) is 5.56 Å². The number of fused-ring (bicyclic) bond motifs is 2. The second-order valence-electron chi connectivity index (χ2n) is 8.15. The Morgan fingerprint density at radius 2 is 1.76 bits per heavy atom. The summed E-state index contributed by atoms with van der Waals surface area (Å²) < 4.78 is 15.8. The molecule has 8 nitrogen and oxygen atoms in total. The van der Waals surface area contributed by atoms with Gasteiger partial charge in [0.15, 0.2) is 5.65 Å². The van der Waals surface area contributed by atoms with Crippen molar-refractivity contribution in [3.8, 4) is 0 Å². The molecule has 0 amide bonds. The van der Waals surface area contributed by atoms with E-state index in [2.05, 4.69) is 35.9 Å². The van der Waals surface area contributed by atoms with E-state index in [-0.39, 0.29) is 5.69 Å². The van der Waals surface area contributed by atoms with E-state index in [0.717, 1.165) is 49.0 Å². The Morgan fingerprint density at radius 1 is 1.07 bits per heavy atom. The highest BCUT2D eigenvalue weighted by molar-refractivity contribution is 5.53. The van der Waals surface area contributed by atoms with Gasteiger partial charge >= 0.3 is 0 Å². The van der Waals surface area contributed by atoms with E-state index in [9.17, 15) is 9.18 Å². The third kappa shape index (κ3) is 2.95. The Morgan fingerprint density at radius 3 is 2.45 bits per heavy atom. The topological polar surface area (TPSA) is 82.4 Å². The van der Waals surface area contributed by atoms with Crippen LogP contribution in [0.2, 0.25) is 0 Å². The minimum atomic E-state index is -0.770. The summed E-state index contributed by atoms with van der Waals surface area (Å²) in [5.74, 6) is 1.70. The number of aryl methyl sites for hydroxylation is 3. The molecule has 0 saturated carbocycles. The maximum Gasteiger partial charge on any atom is 0.288 e. The Kier molecular flexibility index (Phi) is 4.07. The smallest absolute Gasteiger partial charge is 0.288 e. The van der Waals surface area contributed by atoms with Crippen molar-refractivity contribution in [3.63, 3.8) is 0 Å². The fourth-order valence-corrected chi connectivity index (χ4v) is 4.65. The molecule has 2 fully saturated rings. The SMILES string of the molecule is CCc1nc(N2CC3CN(c4cc(C)nc5cc(C)nn45)CC3C2)[nH]c(=O)c1F. The number of H-pyrrole nitrogens is 1. The van der Waals surface area contributed by atoms with Crippen LogP contribution in [-0.4, -0.2) is 50.7 Å². The van der Waals surface area contributed by atoms with Crippen LogP contribution in [0.15, 0.2) is 16.9 Å². The maximum absolute atomic E-state index is 13.9. The summed E-state index contributed by atoms with van der Waals surface area (Å²) in [6.07, 6.45) is 0.401. The Bertz CT molecular complexity index is 1140. The fraction of sp³-hybridized carbons (Fsp3) is 0.500. The number of rotatable bonds is 3. The molecule has 2 aliphatic heterocycles. The van der Waals surface area contributed by atoms with Gasteiger partial charge in [-0.05, 0) is 20.3 Å². The van der Waals surface area contributed by atoms with Crippen LogP contribution < -0.4 is 15.4 Å². The maximum atomic E-state index is 13.9. The molecule has 3 aromatic heterocycles. The zero-order chi connectivity index (χ0) is 20.3. The van der Waals surface area contributed by atoms with Gasteiger partial charge in [0.1, 0.15) is 5.82 Å². The summed E-state index contributed by atoms with van der Waals surface area (Å²) in [6, 6.07) is 4.09. The van der Waals surface area contributed by atoms with E-state index in [1.807, 2.05) is 24.4 Å². The highest BCUT2D eigenvalue weighted by atomic mass is 19.1. The van der Waals surface area contributed by atoms with Crippen LogP contribution in [0, 0.1) is 31.5 Å². The number of aromatic amines is 1. The fourth-order valence-electron chi connectivity index (χ4n) is 4.65. The van der Waals surface area contributed by atoms with E-state index in [0.29, 0.717) is 24.2 Å². The van der Waals surface area contributed by atoms with E-state index in [1.165, 1.54) is 0 Å². The quantitative estimate of drug-likeness (QED) is 0.725. The predicted octanol–water partition coefficient (Wildman–Crippen LogP) is 1.70. The van der Waals surface area contributed by atoms with Crippen LogP contribution in [0.25, 0.3) is 5.65 Å². The molecule has 5 rings (SSSR count). The number of nitrogens with one attached hydrogen (secondary N) is 1. The average Bonchev–Trinajstić information content (AvgIpc) is 3.35. The van der Waals surface area contributed by atoms with Crippen molar-refractivity contribution in [2.45, 2.75) is 27.2 Å². The van der Waals surface area contributed by atoms with Crippen LogP contribution in [0.3, 0.4) is 0 Å². The van der Waals surface area contributed by atoms with Gasteiger partial charge < -0.3 is 9.80 Å². The van der Waals surface area contributed by atoms with Crippen molar-refractivity contribution >= 4 is 17.4 Å². The number of aromatic nitrogens is 5. The number of hydrogen-bond donors (Lipinski definition) is 1. The lowest BCUT2D eigenvalue weighted by atomic mass is 10.0. The summed E-state index contributed by atoms with van der Waals surface area (Å²) in [6.45, 7) is 9.20. The van der Waals surface area contributed by atoms with Gasteiger partial charge in [-0.2, -0.15) is 14.0 Å². The molecule has 2 saturated heterocycles. The van der Waals surface area contributed by atoms with Gasteiger partial charge in [-0.15, -0.1) is 0 Å². The molecule has 2 unspecified atom stereocenters. The third-order valence-corrected chi connectivity index (χ3v) is 6.02. The van der Waals surface area contributed by atoms with E-state index < -0.39 is 11.4 Å². The largest absolute Gasteiger partial charge is 0.356 e. The number of halogens is 1. The monoisotopic (exact) mass is 397 g/mol.